The Morgan fingerprint density at radius 3 is 2.70 bits per heavy atom. The minimum Gasteiger partial charge on any atom is -0.397 e. The van der Waals surface area contributed by atoms with Crippen LogP contribution in [0.15, 0.2) is 30.5 Å². The number of nitrogen functional groups attached to an aromatic ring is 1. The van der Waals surface area contributed by atoms with Crippen LogP contribution in [0.5, 0.6) is 0 Å². The van der Waals surface area contributed by atoms with Crippen molar-refractivity contribution in [2.24, 2.45) is 5.73 Å². The molecule has 20 heavy (non-hydrogen) atoms. The number of amides is 1. The van der Waals surface area contributed by atoms with Gasteiger partial charge < -0.3 is 16.8 Å². The van der Waals surface area contributed by atoms with Crippen LogP contribution in [-0.2, 0) is 6.54 Å². The fraction of sp³-hybridized carbons (Fsp3) is 0.0769. The topological polar surface area (TPSA) is 94.0 Å². The zero-order valence-corrected chi connectivity index (χ0v) is 10.4. The summed E-state index contributed by atoms with van der Waals surface area (Å²) in [6, 6.07) is 4.60. The summed E-state index contributed by atoms with van der Waals surface area (Å²) in [4.78, 5) is 15.2. The van der Waals surface area contributed by atoms with Crippen LogP contribution in [0.1, 0.15) is 15.9 Å². The number of nitrogens with zero attached hydrogens (tertiary/aromatic N) is 1. The third-order valence-electron chi connectivity index (χ3n) is 2.64. The molecule has 0 fully saturated rings. The van der Waals surface area contributed by atoms with E-state index in [4.69, 9.17) is 11.5 Å². The number of hydrogen-bond acceptors (Lipinski definition) is 4. The number of nitrogens with one attached hydrogen (secondary N) is 1. The van der Waals surface area contributed by atoms with Gasteiger partial charge in [-0.1, -0.05) is 6.07 Å². The molecule has 2 aromatic rings. The summed E-state index contributed by atoms with van der Waals surface area (Å²) in [5.74, 6) is -1.86. The fourth-order valence-electron chi connectivity index (χ4n) is 1.65. The Labute approximate surface area is 113 Å². The van der Waals surface area contributed by atoms with Crippen LogP contribution in [0, 0.1) is 11.6 Å². The predicted octanol–water partition coefficient (Wildman–Crippen LogP) is 1.65. The number of rotatable bonds is 4. The zero-order valence-electron chi connectivity index (χ0n) is 10.4. The number of primary amides is 1. The van der Waals surface area contributed by atoms with Gasteiger partial charge in [0.1, 0.15) is 17.5 Å². The molecule has 5 nitrogen and oxygen atoms in total. The predicted molar refractivity (Wildman–Crippen MR) is 70.9 cm³/mol. The number of anilines is 2. The fourth-order valence-corrected chi connectivity index (χ4v) is 1.65. The third kappa shape index (κ3) is 3.00. The number of halogens is 2. The standard InChI is InChI=1S/C13H12F2N4O/c14-8-2-1-7(11(15)3-8)5-18-13-10(12(17)20)4-9(16)6-19-13/h1-4,6H,5,16H2,(H2,17,20)(H,18,19). The second-order valence-corrected chi connectivity index (χ2v) is 4.12. The lowest BCUT2D eigenvalue weighted by Crippen LogP contribution is -2.16. The van der Waals surface area contributed by atoms with E-state index in [1.165, 1.54) is 18.3 Å². The zero-order chi connectivity index (χ0) is 14.7. The van der Waals surface area contributed by atoms with Crippen molar-refractivity contribution >= 4 is 17.4 Å². The summed E-state index contributed by atoms with van der Waals surface area (Å²) in [7, 11) is 0. The maximum absolute atomic E-state index is 13.5. The Balaban J connectivity index is 2.20. The van der Waals surface area contributed by atoms with Crippen molar-refractivity contribution in [3.63, 3.8) is 0 Å². The number of aromatic nitrogens is 1. The number of hydrogen-bond donors (Lipinski definition) is 3. The van der Waals surface area contributed by atoms with Crippen LogP contribution in [0.2, 0.25) is 0 Å². The molecule has 5 N–H and O–H groups in total. The van der Waals surface area contributed by atoms with E-state index in [-0.39, 0.29) is 29.2 Å². The van der Waals surface area contributed by atoms with Crippen molar-refractivity contribution in [1.29, 1.82) is 0 Å². The Hall–Kier alpha value is -2.70. The molecule has 0 aliphatic heterocycles. The van der Waals surface area contributed by atoms with E-state index in [2.05, 4.69) is 10.3 Å². The van der Waals surface area contributed by atoms with E-state index >= 15 is 0 Å². The summed E-state index contributed by atoms with van der Waals surface area (Å²) >= 11 is 0. The van der Waals surface area contributed by atoms with Gasteiger partial charge in [0, 0.05) is 18.2 Å². The summed E-state index contributed by atoms with van der Waals surface area (Å²) in [6.45, 7) is 0.0311. The van der Waals surface area contributed by atoms with Crippen LogP contribution in [0.25, 0.3) is 0 Å². The van der Waals surface area contributed by atoms with Crippen molar-refractivity contribution in [3.05, 3.63) is 53.2 Å². The molecular formula is C13H12F2N4O. The van der Waals surface area contributed by atoms with Crippen LogP contribution in [-0.4, -0.2) is 10.9 Å². The number of benzene rings is 1. The number of carbonyl (C=O) groups is 1. The third-order valence-corrected chi connectivity index (χ3v) is 2.64. The molecule has 7 heteroatoms. The lowest BCUT2D eigenvalue weighted by atomic mass is 10.2. The van der Waals surface area contributed by atoms with E-state index < -0.39 is 17.5 Å². The summed E-state index contributed by atoms with van der Waals surface area (Å²) < 4.78 is 26.2. The first-order valence-electron chi connectivity index (χ1n) is 5.70. The summed E-state index contributed by atoms with van der Waals surface area (Å²) in [6.07, 6.45) is 1.34. The van der Waals surface area contributed by atoms with Crippen molar-refractivity contribution in [3.8, 4) is 0 Å². The molecule has 0 spiro atoms. The molecule has 0 saturated carbocycles. The van der Waals surface area contributed by atoms with E-state index in [1.54, 1.807) is 0 Å². The van der Waals surface area contributed by atoms with Crippen LogP contribution in [0.4, 0.5) is 20.3 Å². The smallest absolute Gasteiger partial charge is 0.252 e. The van der Waals surface area contributed by atoms with Gasteiger partial charge >= 0.3 is 0 Å². The molecule has 0 unspecified atom stereocenters. The SMILES string of the molecule is NC(=O)c1cc(N)cnc1NCc1ccc(F)cc1F. The molecule has 0 saturated heterocycles. The molecule has 0 aliphatic carbocycles. The molecule has 104 valence electrons. The quantitative estimate of drug-likeness (QED) is 0.792. The molecule has 1 heterocycles. The van der Waals surface area contributed by atoms with Gasteiger partial charge in [0.25, 0.3) is 5.91 Å². The highest BCUT2D eigenvalue weighted by Crippen LogP contribution is 2.17. The maximum Gasteiger partial charge on any atom is 0.252 e. The minimum atomic E-state index is -0.702. The highest BCUT2D eigenvalue weighted by atomic mass is 19.1. The molecule has 1 amide bonds. The van der Waals surface area contributed by atoms with E-state index in [1.807, 2.05) is 0 Å². The Kier molecular flexibility index (Phi) is 3.79. The molecule has 2 rings (SSSR count). The van der Waals surface area contributed by atoms with Crippen LogP contribution < -0.4 is 16.8 Å². The largest absolute Gasteiger partial charge is 0.397 e. The van der Waals surface area contributed by atoms with Gasteiger partial charge in [-0.25, -0.2) is 13.8 Å². The van der Waals surface area contributed by atoms with Gasteiger partial charge in [-0.2, -0.15) is 0 Å². The van der Waals surface area contributed by atoms with Gasteiger partial charge in [0.2, 0.25) is 0 Å². The second kappa shape index (κ2) is 5.52. The van der Waals surface area contributed by atoms with Gasteiger partial charge in [-0.15, -0.1) is 0 Å². The van der Waals surface area contributed by atoms with Crippen molar-refractivity contribution in [2.75, 3.05) is 11.1 Å². The van der Waals surface area contributed by atoms with Gasteiger partial charge in [-0.3, -0.25) is 4.79 Å². The molecule has 0 radical (unpaired) electrons. The summed E-state index contributed by atoms with van der Waals surface area (Å²) in [5.41, 5.74) is 11.3. The van der Waals surface area contributed by atoms with Crippen LogP contribution in [0.3, 0.4) is 0 Å². The van der Waals surface area contributed by atoms with Gasteiger partial charge in [0.05, 0.1) is 17.4 Å². The number of carbonyl (C=O) groups excluding carboxylic acids is 1. The van der Waals surface area contributed by atoms with E-state index in [0.29, 0.717) is 0 Å². The highest BCUT2D eigenvalue weighted by Gasteiger charge is 2.11. The molecule has 0 aliphatic rings. The molecular weight excluding hydrogens is 266 g/mol. The lowest BCUT2D eigenvalue weighted by Gasteiger charge is -2.10. The van der Waals surface area contributed by atoms with E-state index in [9.17, 15) is 13.6 Å². The Morgan fingerprint density at radius 2 is 2.05 bits per heavy atom. The number of pyridine rings is 1. The van der Waals surface area contributed by atoms with Gasteiger partial charge in [-0.05, 0) is 12.1 Å². The minimum absolute atomic E-state index is 0.0311. The average Bonchev–Trinajstić information content (AvgIpc) is 2.38. The first-order chi connectivity index (χ1) is 9.47. The molecule has 0 atom stereocenters. The van der Waals surface area contributed by atoms with Crippen molar-refractivity contribution < 1.29 is 13.6 Å². The lowest BCUT2D eigenvalue weighted by molar-refractivity contribution is 0.100. The molecule has 1 aromatic carbocycles. The first-order valence-corrected chi connectivity index (χ1v) is 5.70. The Morgan fingerprint density at radius 1 is 1.30 bits per heavy atom. The van der Waals surface area contributed by atoms with Crippen molar-refractivity contribution in [1.82, 2.24) is 4.98 Å². The molecule has 1 aromatic heterocycles. The summed E-state index contributed by atoms with van der Waals surface area (Å²) in [5, 5.41) is 2.77. The average molecular weight is 278 g/mol. The first kappa shape index (κ1) is 13.7. The van der Waals surface area contributed by atoms with Crippen LogP contribution >= 0.6 is 0 Å². The number of nitrogens with two attached hydrogens (primary N) is 2. The monoisotopic (exact) mass is 278 g/mol. The maximum atomic E-state index is 13.5. The van der Waals surface area contributed by atoms with Crippen molar-refractivity contribution in [2.45, 2.75) is 6.54 Å². The van der Waals surface area contributed by atoms with Gasteiger partial charge in [0.15, 0.2) is 0 Å². The van der Waals surface area contributed by atoms with E-state index in [0.717, 1.165) is 12.1 Å². The Bertz CT molecular complexity index is 661. The highest BCUT2D eigenvalue weighted by molar-refractivity contribution is 5.98. The second-order valence-electron chi connectivity index (χ2n) is 4.12. The normalized spacial score (nSPS) is 10.3. The molecule has 0 bridgehead atoms.